The highest BCUT2D eigenvalue weighted by Crippen LogP contribution is 2.41. The summed E-state index contributed by atoms with van der Waals surface area (Å²) >= 11 is 0. The molecule has 3 heterocycles. The number of allylic oxidation sites excluding steroid dienone is 2. The number of ketones is 1. The van der Waals surface area contributed by atoms with Crippen LogP contribution < -0.4 is 14.8 Å². The van der Waals surface area contributed by atoms with E-state index in [2.05, 4.69) is 20.8 Å². The first-order valence-corrected chi connectivity index (χ1v) is 10.6. The van der Waals surface area contributed by atoms with Crippen LogP contribution in [0.25, 0.3) is 0 Å². The number of rotatable bonds is 5. The Morgan fingerprint density at radius 1 is 1.25 bits per heavy atom. The lowest BCUT2D eigenvalue weighted by molar-refractivity contribution is -0.137. The molecule has 1 atom stereocenters. The van der Waals surface area contributed by atoms with Crippen LogP contribution in [0.4, 0.5) is 5.95 Å². The molecule has 1 aromatic heterocycles. The summed E-state index contributed by atoms with van der Waals surface area (Å²) in [5.74, 6) is 1.40. The van der Waals surface area contributed by atoms with E-state index in [1.807, 2.05) is 12.1 Å². The van der Waals surface area contributed by atoms with E-state index in [4.69, 9.17) is 14.2 Å². The number of ether oxygens (including phenoxy) is 3. The van der Waals surface area contributed by atoms with Crippen LogP contribution in [0.3, 0.4) is 0 Å². The van der Waals surface area contributed by atoms with Gasteiger partial charge in [0.15, 0.2) is 23.9 Å². The van der Waals surface area contributed by atoms with Gasteiger partial charge < -0.3 is 24.4 Å². The molecule has 3 aliphatic rings. The fourth-order valence-corrected chi connectivity index (χ4v) is 4.34. The first kappa shape index (κ1) is 20.4. The van der Waals surface area contributed by atoms with Crippen molar-refractivity contribution < 1.29 is 23.8 Å². The van der Waals surface area contributed by atoms with Crippen LogP contribution in [0.15, 0.2) is 29.5 Å². The van der Waals surface area contributed by atoms with Crippen LogP contribution in [0, 0.1) is 0 Å². The Bertz CT molecular complexity index is 1070. The van der Waals surface area contributed by atoms with Crippen molar-refractivity contribution in [1.29, 1.82) is 0 Å². The first-order valence-electron chi connectivity index (χ1n) is 10.6. The Morgan fingerprint density at radius 2 is 2.09 bits per heavy atom. The van der Waals surface area contributed by atoms with Crippen molar-refractivity contribution in [3.8, 4) is 11.5 Å². The van der Waals surface area contributed by atoms with Crippen molar-refractivity contribution in [1.82, 2.24) is 25.1 Å². The number of tetrazole rings is 1. The number of hydrogen-bond acceptors (Lipinski definition) is 9. The number of morpholine rings is 1. The third kappa shape index (κ3) is 3.68. The Labute approximate surface area is 184 Å². The van der Waals surface area contributed by atoms with E-state index in [9.17, 15) is 9.59 Å². The van der Waals surface area contributed by atoms with Gasteiger partial charge in [0.25, 0.3) is 5.91 Å². The van der Waals surface area contributed by atoms with Crippen molar-refractivity contribution in [2.24, 2.45) is 0 Å². The van der Waals surface area contributed by atoms with Gasteiger partial charge in [-0.1, -0.05) is 11.2 Å². The minimum atomic E-state index is -0.456. The van der Waals surface area contributed by atoms with Crippen LogP contribution in [0.5, 0.6) is 11.5 Å². The summed E-state index contributed by atoms with van der Waals surface area (Å²) in [4.78, 5) is 26.9. The smallest absolute Gasteiger partial charge is 0.260 e. The van der Waals surface area contributed by atoms with Gasteiger partial charge in [-0.3, -0.25) is 9.59 Å². The van der Waals surface area contributed by atoms with Crippen LogP contribution >= 0.6 is 0 Å². The number of hydrogen-bond donors (Lipinski definition) is 1. The van der Waals surface area contributed by atoms with Gasteiger partial charge in [0.2, 0.25) is 5.95 Å². The lowest BCUT2D eigenvalue weighted by Gasteiger charge is -2.31. The quantitative estimate of drug-likeness (QED) is 0.724. The molecule has 0 bridgehead atoms. The first-order chi connectivity index (χ1) is 15.7. The normalized spacial score (nSPS) is 20.3. The Kier molecular flexibility index (Phi) is 5.48. The number of methoxy groups -OCH3 is 1. The highest BCUT2D eigenvalue weighted by atomic mass is 16.5. The summed E-state index contributed by atoms with van der Waals surface area (Å²) in [5, 5.41) is 15.1. The standard InChI is InChI=1S/C21H24N6O5/c1-30-17-11-13(5-6-16(17)32-12-18(29)26-7-9-31-10-8-26)20-19-14(3-2-4-15(19)28)22-21-23-24-25-27(20)21/h5-6,11,20H,2-4,7-10,12H2,1H3,(H,22,23,25). The van der Waals surface area contributed by atoms with Gasteiger partial charge in [-0.2, -0.15) is 4.68 Å². The second-order valence-corrected chi connectivity index (χ2v) is 7.84. The summed E-state index contributed by atoms with van der Waals surface area (Å²) in [5.41, 5.74) is 2.34. The van der Waals surface area contributed by atoms with Gasteiger partial charge in [0.1, 0.15) is 6.04 Å². The van der Waals surface area contributed by atoms with Gasteiger partial charge in [-0.05, 0) is 41.0 Å². The molecule has 0 radical (unpaired) electrons. The molecule has 32 heavy (non-hydrogen) atoms. The van der Waals surface area contributed by atoms with Crippen LogP contribution in [-0.4, -0.2) is 76.8 Å². The molecule has 0 spiro atoms. The third-order valence-electron chi connectivity index (χ3n) is 5.95. The number of carbonyl (C=O) groups excluding carboxylic acids is 2. The number of amides is 1. The van der Waals surface area contributed by atoms with Gasteiger partial charge in [0.05, 0.1) is 20.3 Å². The molecular formula is C21H24N6O5. The molecule has 1 aliphatic carbocycles. The van der Waals surface area contributed by atoms with Crippen molar-refractivity contribution in [2.75, 3.05) is 45.3 Å². The highest BCUT2D eigenvalue weighted by Gasteiger charge is 2.37. The van der Waals surface area contributed by atoms with Crippen molar-refractivity contribution >= 4 is 17.6 Å². The average Bonchev–Trinajstić information content (AvgIpc) is 3.30. The van der Waals surface area contributed by atoms with E-state index < -0.39 is 6.04 Å². The summed E-state index contributed by atoms with van der Waals surface area (Å²) in [6, 6.07) is 4.95. The summed E-state index contributed by atoms with van der Waals surface area (Å²) in [7, 11) is 1.54. The topological polar surface area (TPSA) is 121 Å². The Morgan fingerprint density at radius 3 is 2.91 bits per heavy atom. The predicted octanol–water partition coefficient (Wildman–Crippen LogP) is 0.941. The summed E-state index contributed by atoms with van der Waals surface area (Å²) in [6.45, 7) is 2.11. The predicted molar refractivity (Wildman–Crippen MR) is 111 cm³/mol. The van der Waals surface area contributed by atoms with E-state index in [1.165, 1.54) is 7.11 Å². The second-order valence-electron chi connectivity index (χ2n) is 7.84. The molecule has 0 saturated carbocycles. The molecule has 2 aliphatic heterocycles. The molecular weight excluding hydrogens is 416 g/mol. The van der Waals surface area contributed by atoms with E-state index in [-0.39, 0.29) is 18.3 Å². The minimum Gasteiger partial charge on any atom is -0.493 e. The van der Waals surface area contributed by atoms with Crippen LogP contribution in [-0.2, 0) is 14.3 Å². The van der Waals surface area contributed by atoms with E-state index >= 15 is 0 Å². The van der Waals surface area contributed by atoms with Gasteiger partial charge in [-0.15, -0.1) is 0 Å². The number of fused-ring (bicyclic) bond motifs is 1. The van der Waals surface area contributed by atoms with E-state index in [0.29, 0.717) is 55.7 Å². The number of aromatic nitrogens is 4. The van der Waals surface area contributed by atoms with Crippen LogP contribution in [0.2, 0.25) is 0 Å². The third-order valence-corrected chi connectivity index (χ3v) is 5.95. The maximum Gasteiger partial charge on any atom is 0.260 e. The maximum atomic E-state index is 12.8. The molecule has 1 fully saturated rings. The monoisotopic (exact) mass is 440 g/mol. The number of nitrogens with one attached hydrogen (secondary N) is 1. The number of carbonyl (C=O) groups is 2. The molecule has 1 amide bonds. The highest BCUT2D eigenvalue weighted by molar-refractivity contribution is 5.99. The number of benzene rings is 1. The fourth-order valence-electron chi connectivity index (χ4n) is 4.34. The lowest BCUT2D eigenvalue weighted by Crippen LogP contribution is -2.43. The molecule has 1 N–H and O–H groups in total. The van der Waals surface area contributed by atoms with E-state index in [0.717, 1.165) is 24.1 Å². The fraction of sp³-hybridized carbons (Fsp3) is 0.476. The number of Topliss-reactive ketones (excluding diaryl/α,β-unsaturated/α-hetero) is 1. The molecule has 1 aromatic carbocycles. The number of anilines is 1. The Balaban J connectivity index is 1.41. The summed E-state index contributed by atoms with van der Waals surface area (Å²) in [6.07, 6.45) is 2.06. The molecule has 2 aromatic rings. The largest absolute Gasteiger partial charge is 0.493 e. The second kappa shape index (κ2) is 8.58. The maximum absolute atomic E-state index is 12.8. The summed E-state index contributed by atoms with van der Waals surface area (Å²) < 4.78 is 18.2. The zero-order chi connectivity index (χ0) is 22.1. The molecule has 11 nitrogen and oxygen atoms in total. The van der Waals surface area contributed by atoms with Gasteiger partial charge in [-0.25, -0.2) is 0 Å². The number of nitrogens with zero attached hydrogens (tertiary/aromatic N) is 5. The van der Waals surface area contributed by atoms with Crippen LogP contribution in [0.1, 0.15) is 30.9 Å². The Hall–Kier alpha value is -3.47. The molecule has 168 valence electrons. The SMILES string of the molecule is COc1cc(C2C3=C(CCCC3=O)Nc3nnnn32)ccc1OCC(=O)N1CCOCC1. The minimum absolute atomic E-state index is 0.0836. The average molecular weight is 440 g/mol. The van der Waals surface area contributed by atoms with Crippen molar-refractivity contribution in [2.45, 2.75) is 25.3 Å². The van der Waals surface area contributed by atoms with E-state index in [1.54, 1.807) is 15.6 Å². The molecule has 1 saturated heterocycles. The van der Waals surface area contributed by atoms with Crippen molar-refractivity contribution in [3.63, 3.8) is 0 Å². The lowest BCUT2D eigenvalue weighted by atomic mass is 9.85. The van der Waals surface area contributed by atoms with Gasteiger partial charge in [0, 0.05) is 30.8 Å². The molecule has 11 heteroatoms. The zero-order valence-electron chi connectivity index (χ0n) is 17.7. The van der Waals surface area contributed by atoms with Crippen molar-refractivity contribution in [3.05, 3.63) is 35.0 Å². The molecule has 5 rings (SSSR count). The van der Waals surface area contributed by atoms with Gasteiger partial charge >= 0.3 is 0 Å². The molecule has 1 unspecified atom stereocenters. The zero-order valence-corrected chi connectivity index (χ0v) is 17.7.